The van der Waals surface area contributed by atoms with Gasteiger partial charge < -0.3 is 9.63 Å². The monoisotopic (exact) mass is 293 g/mol. The first-order valence-electron chi connectivity index (χ1n) is 6.47. The molecule has 106 valence electrons. The van der Waals surface area contributed by atoms with Gasteiger partial charge in [-0.25, -0.2) is 0 Å². The second-order valence-electron chi connectivity index (χ2n) is 4.97. The van der Waals surface area contributed by atoms with Crippen LogP contribution >= 0.6 is 11.3 Å². The van der Waals surface area contributed by atoms with Crippen LogP contribution in [-0.4, -0.2) is 38.7 Å². The number of hydrogen-bond donors (Lipinski definition) is 1. The van der Waals surface area contributed by atoms with Crippen molar-refractivity contribution in [1.29, 1.82) is 0 Å². The van der Waals surface area contributed by atoms with Gasteiger partial charge in [0, 0.05) is 11.4 Å². The van der Waals surface area contributed by atoms with Crippen LogP contribution in [0, 0.1) is 5.92 Å². The summed E-state index contributed by atoms with van der Waals surface area (Å²) < 4.78 is 5.23. The Morgan fingerprint density at radius 3 is 3.15 bits per heavy atom. The lowest BCUT2D eigenvalue weighted by molar-refractivity contribution is -0.142. The summed E-state index contributed by atoms with van der Waals surface area (Å²) in [5.41, 5.74) is 0.923. The van der Waals surface area contributed by atoms with Gasteiger partial charge in [0.1, 0.15) is 0 Å². The number of likely N-dealkylation sites (tertiary alicyclic amines) is 1. The highest BCUT2D eigenvalue weighted by molar-refractivity contribution is 7.08. The van der Waals surface area contributed by atoms with Crippen LogP contribution in [-0.2, 0) is 11.3 Å². The fourth-order valence-electron chi connectivity index (χ4n) is 2.56. The number of nitrogens with zero attached hydrogens (tertiary/aromatic N) is 3. The summed E-state index contributed by atoms with van der Waals surface area (Å²) in [6.07, 6.45) is 0.672. The van der Waals surface area contributed by atoms with Crippen LogP contribution in [0.25, 0.3) is 11.5 Å². The molecule has 1 aliphatic heterocycles. The predicted octanol–water partition coefficient (Wildman–Crippen LogP) is 2.09. The molecule has 3 rings (SSSR count). The van der Waals surface area contributed by atoms with Gasteiger partial charge in [0.05, 0.1) is 18.0 Å². The SMILES string of the molecule is CC1C(C(=O)O)CCN1Cc1noc(-c2ccsc2)n1. The standard InChI is InChI=1S/C13H15N3O3S/c1-8-10(13(17)18)2-4-16(8)6-11-14-12(19-15-11)9-3-5-20-7-9/h3,5,7-8,10H,2,4,6H2,1H3,(H,17,18). The molecule has 0 saturated carbocycles. The van der Waals surface area contributed by atoms with Crippen LogP contribution in [0.5, 0.6) is 0 Å². The fraction of sp³-hybridized carbons (Fsp3) is 0.462. The maximum Gasteiger partial charge on any atom is 0.308 e. The van der Waals surface area contributed by atoms with Crippen molar-refractivity contribution >= 4 is 17.3 Å². The lowest BCUT2D eigenvalue weighted by Gasteiger charge is -2.20. The number of hydrogen-bond acceptors (Lipinski definition) is 6. The molecule has 0 spiro atoms. The van der Waals surface area contributed by atoms with Crippen LogP contribution in [0.3, 0.4) is 0 Å². The zero-order chi connectivity index (χ0) is 14.1. The maximum atomic E-state index is 11.1. The Morgan fingerprint density at radius 1 is 1.65 bits per heavy atom. The molecule has 2 aromatic heterocycles. The fourth-order valence-corrected chi connectivity index (χ4v) is 3.19. The van der Waals surface area contributed by atoms with Crippen LogP contribution < -0.4 is 0 Å². The van der Waals surface area contributed by atoms with Crippen molar-refractivity contribution in [3.63, 3.8) is 0 Å². The highest BCUT2D eigenvalue weighted by atomic mass is 32.1. The van der Waals surface area contributed by atoms with Crippen molar-refractivity contribution < 1.29 is 14.4 Å². The summed E-state index contributed by atoms with van der Waals surface area (Å²) in [5.74, 6) is 0.0808. The largest absolute Gasteiger partial charge is 0.481 e. The number of carbonyl (C=O) groups is 1. The quantitative estimate of drug-likeness (QED) is 0.930. The van der Waals surface area contributed by atoms with Crippen molar-refractivity contribution in [3.8, 4) is 11.5 Å². The Kier molecular flexibility index (Phi) is 3.54. The van der Waals surface area contributed by atoms with E-state index in [2.05, 4.69) is 15.0 Å². The first kappa shape index (κ1) is 13.3. The van der Waals surface area contributed by atoms with E-state index in [0.717, 1.165) is 12.1 Å². The Morgan fingerprint density at radius 2 is 2.50 bits per heavy atom. The number of carboxylic acid groups (broad SMARTS) is 1. The Labute approximate surface area is 120 Å². The van der Waals surface area contributed by atoms with Crippen molar-refractivity contribution in [2.45, 2.75) is 25.9 Å². The maximum absolute atomic E-state index is 11.1. The van der Waals surface area contributed by atoms with Crippen molar-refractivity contribution in [2.24, 2.45) is 5.92 Å². The lowest BCUT2D eigenvalue weighted by atomic mass is 10.0. The van der Waals surface area contributed by atoms with E-state index in [1.54, 1.807) is 11.3 Å². The lowest BCUT2D eigenvalue weighted by Crippen LogP contribution is -2.32. The van der Waals surface area contributed by atoms with Gasteiger partial charge in [-0.1, -0.05) is 5.16 Å². The minimum atomic E-state index is -0.730. The van der Waals surface area contributed by atoms with Crippen molar-refractivity contribution in [2.75, 3.05) is 6.54 Å². The van der Waals surface area contributed by atoms with Crippen LogP contribution in [0.15, 0.2) is 21.3 Å². The van der Waals surface area contributed by atoms with Gasteiger partial charge in [-0.2, -0.15) is 16.3 Å². The van der Waals surface area contributed by atoms with Gasteiger partial charge in [0.2, 0.25) is 0 Å². The molecule has 3 heterocycles. The molecular weight excluding hydrogens is 278 g/mol. The van der Waals surface area contributed by atoms with Gasteiger partial charge in [0.25, 0.3) is 5.89 Å². The molecule has 1 fully saturated rings. The molecular formula is C13H15N3O3S. The second-order valence-corrected chi connectivity index (χ2v) is 5.75. The molecule has 2 aromatic rings. The molecule has 0 aliphatic carbocycles. The average Bonchev–Trinajstić information content (AvgIpc) is 3.12. The van der Waals surface area contributed by atoms with E-state index in [1.807, 2.05) is 23.8 Å². The molecule has 0 bridgehead atoms. The summed E-state index contributed by atoms with van der Waals surface area (Å²) in [4.78, 5) is 17.5. The third-order valence-corrected chi connectivity index (χ3v) is 4.47. The number of aliphatic carboxylic acids is 1. The molecule has 1 N–H and O–H groups in total. The smallest absolute Gasteiger partial charge is 0.308 e. The topological polar surface area (TPSA) is 79.5 Å². The Balaban J connectivity index is 1.69. The normalized spacial score (nSPS) is 23.2. The van der Waals surface area contributed by atoms with Crippen molar-refractivity contribution in [3.05, 3.63) is 22.7 Å². The average molecular weight is 293 g/mol. The number of aromatic nitrogens is 2. The first-order chi connectivity index (χ1) is 9.65. The molecule has 7 heteroatoms. The van der Waals surface area contributed by atoms with E-state index in [9.17, 15) is 4.79 Å². The summed E-state index contributed by atoms with van der Waals surface area (Å²) in [6, 6.07) is 1.93. The molecule has 2 unspecified atom stereocenters. The zero-order valence-corrected chi connectivity index (χ0v) is 11.8. The van der Waals surface area contributed by atoms with Crippen LogP contribution in [0.4, 0.5) is 0 Å². The van der Waals surface area contributed by atoms with Gasteiger partial charge in [0.15, 0.2) is 5.82 Å². The van der Waals surface area contributed by atoms with E-state index >= 15 is 0 Å². The van der Waals surface area contributed by atoms with E-state index < -0.39 is 5.97 Å². The molecule has 20 heavy (non-hydrogen) atoms. The van der Waals surface area contributed by atoms with Crippen LogP contribution in [0.1, 0.15) is 19.2 Å². The summed E-state index contributed by atoms with van der Waals surface area (Å²) in [5, 5.41) is 17.0. The van der Waals surface area contributed by atoms with Crippen molar-refractivity contribution in [1.82, 2.24) is 15.0 Å². The van der Waals surface area contributed by atoms with Gasteiger partial charge >= 0.3 is 5.97 Å². The highest BCUT2D eigenvalue weighted by Crippen LogP contribution is 2.26. The Hall–Kier alpha value is -1.73. The first-order valence-corrected chi connectivity index (χ1v) is 7.41. The number of thiophene rings is 1. The molecule has 2 atom stereocenters. The minimum absolute atomic E-state index is 0.00408. The number of carboxylic acids is 1. The van der Waals surface area contributed by atoms with E-state index in [1.165, 1.54) is 0 Å². The molecule has 0 aromatic carbocycles. The summed E-state index contributed by atoms with van der Waals surface area (Å²) in [6.45, 7) is 3.21. The van der Waals surface area contributed by atoms with Gasteiger partial charge in [-0.05, 0) is 31.3 Å². The van der Waals surface area contributed by atoms with E-state index in [4.69, 9.17) is 9.63 Å². The van der Waals surface area contributed by atoms with E-state index in [-0.39, 0.29) is 12.0 Å². The van der Waals surface area contributed by atoms with Crippen LogP contribution in [0.2, 0.25) is 0 Å². The summed E-state index contributed by atoms with van der Waals surface area (Å²) >= 11 is 1.58. The van der Waals surface area contributed by atoms with Gasteiger partial charge in [-0.3, -0.25) is 9.69 Å². The molecule has 0 radical (unpaired) electrons. The van der Waals surface area contributed by atoms with Gasteiger partial charge in [-0.15, -0.1) is 0 Å². The highest BCUT2D eigenvalue weighted by Gasteiger charge is 2.36. The molecule has 1 saturated heterocycles. The molecule has 6 nitrogen and oxygen atoms in total. The number of rotatable bonds is 4. The summed E-state index contributed by atoms with van der Waals surface area (Å²) in [7, 11) is 0. The van der Waals surface area contributed by atoms with E-state index in [0.29, 0.717) is 24.7 Å². The third-order valence-electron chi connectivity index (χ3n) is 3.78. The third kappa shape index (κ3) is 2.46. The second kappa shape index (κ2) is 5.34. The zero-order valence-electron chi connectivity index (χ0n) is 11.0. The predicted molar refractivity (Wildman–Crippen MR) is 73.2 cm³/mol. The molecule has 1 aliphatic rings. The molecule has 0 amide bonds. The minimum Gasteiger partial charge on any atom is -0.481 e. The Bertz CT molecular complexity index is 596.